The zero-order chi connectivity index (χ0) is 18.8. The smallest absolute Gasteiger partial charge is 0.175 e. The Kier molecular flexibility index (Phi) is 5.65. The van der Waals surface area contributed by atoms with Gasteiger partial charge in [0, 0.05) is 18.7 Å². The molecule has 8 nitrogen and oxygen atoms in total. The average molecular weight is 411 g/mol. The molecule has 2 aliphatic heterocycles. The number of hydrogen-bond acceptors (Lipinski definition) is 9. The van der Waals surface area contributed by atoms with Gasteiger partial charge in [0.2, 0.25) is 0 Å². The van der Waals surface area contributed by atoms with Crippen LogP contribution >= 0.6 is 23.4 Å². The first kappa shape index (κ1) is 18.7. The Balaban J connectivity index is 1.57. The quantitative estimate of drug-likeness (QED) is 0.689. The first-order chi connectivity index (χ1) is 13.2. The Morgan fingerprint density at radius 1 is 1.37 bits per heavy atom. The first-order valence-corrected chi connectivity index (χ1v) is 9.76. The van der Waals surface area contributed by atoms with E-state index in [1.165, 1.54) is 11.8 Å². The molecule has 2 N–H and O–H groups in total. The molecule has 0 spiro atoms. The predicted octanol–water partition coefficient (Wildman–Crippen LogP) is 1.72. The number of halogens is 1. The number of rotatable bonds is 6. The lowest BCUT2D eigenvalue weighted by molar-refractivity contribution is -0.0151. The maximum atomic E-state index is 9.33. The van der Waals surface area contributed by atoms with E-state index in [4.69, 9.17) is 26.2 Å². The van der Waals surface area contributed by atoms with Gasteiger partial charge in [-0.1, -0.05) is 23.4 Å². The third-order valence-corrected chi connectivity index (χ3v) is 5.89. The number of ether oxygens (including phenoxy) is 2. The molecular formula is C17H19ClN4O4S. The van der Waals surface area contributed by atoms with Gasteiger partial charge in [0.25, 0.3) is 0 Å². The molecule has 144 valence electrons. The lowest BCUT2D eigenvalue weighted by atomic mass is 10.1. The van der Waals surface area contributed by atoms with Crippen molar-refractivity contribution < 1.29 is 19.7 Å². The van der Waals surface area contributed by atoms with Crippen molar-refractivity contribution in [1.29, 1.82) is 0 Å². The largest absolute Gasteiger partial charge is 0.486 e. The SMILES string of the molecule is OCOCC1C[C@H]2COc3c(Sc4cnc(Cl)c(CO)n4)ccnc3N2C1. The van der Waals surface area contributed by atoms with Crippen LogP contribution in [0.25, 0.3) is 0 Å². The second kappa shape index (κ2) is 8.15. The molecule has 2 aliphatic rings. The molecule has 1 unspecified atom stereocenters. The zero-order valence-electron chi connectivity index (χ0n) is 14.4. The van der Waals surface area contributed by atoms with E-state index in [0.29, 0.717) is 29.9 Å². The molecular weight excluding hydrogens is 392 g/mol. The fourth-order valence-corrected chi connectivity index (χ4v) is 4.46. The number of pyridine rings is 1. The minimum Gasteiger partial charge on any atom is -0.486 e. The Labute approximate surface area is 165 Å². The van der Waals surface area contributed by atoms with Crippen molar-refractivity contribution in [2.24, 2.45) is 5.92 Å². The normalized spacial score (nSPS) is 20.9. The lowest BCUT2D eigenvalue weighted by Gasteiger charge is -2.33. The van der Waals surface area contributed by atoms with Gasteiger partial charge in [0.15, 0.2) is 16.7 Å². The third-order valence-electron chi connectivity index (χ3n) is 4.62. The molecule has 0 aliphatic carbocycles. The van der Waals surface area contributed by atoms with Crippen molar-refractivity contribution in [1.82, 2.24) is 15.0 Å². The topological polar surface area (TPSA) is 101 Å². The van der Waals surface area contributed by atoms with Crippen molar-refractivity contribution in [3.8, 4) is 5.75 Å². The van der Waals surface area contributed by atoms with Crippen LogP contribution in [-0.2, 0) is 11.3 Å². The van der Waals surface area contributed by atoms with Gasteiger partial charge in [0.1, 0.15) is 24.1 Å². The highest BCUT2D eigenvalue weighted by molar-refractivity contribution is 7.99. The second-order valence-corrected chi connectivity index (χ2v) is 7.81. The van der Waals surface area contributed by atoms with Crippen LogP contribution in [-0.4, -0.2) is 57.8 Å². The summed E-state index contributed by atoms with van der Waals surface area (Å²) in [5.41, 5.74) is 0.344. The molecule has 1 fully saturated rings. The van der Waals surface area contributed by atoms with Crippen LogP contribution in [0.4, 0.5) is 5.82 Å². The Morgan fingerprint density at radius 2 is 2.26 bits per heavy atom. The summed E-state index contributed by atoms with van der Waals surface area (Å²) in [5, 5.41) is 19.0. The highest BCUT2D eigenvalue weighted by atomic mass is 35.5. The summed E-state index contributed by atoms with van der Waals surface area (Å²) in [6, 6.07) is 2.13. The minimum atomic E-state index is -0.266. The number of nitrogens with zero attached hydrogens (tertiary/aromatic N) is 4. The Bertz CT molecular complexity index is 828. The Morgan fingerprint density at radius 3 is 3.07 bits per heavy atom. The summed E-state index contributed by atoms with van der Waals surface area (Å²) in [6.07, 6.45) is 4.27. The average Bonchev–Trinajstić information content (AvgIpc) is 3.11. The number of hydrogen-bond donors (Lipinski definition) is 2. The van der Waals surface area contributed by atoms with Gasteiger partial charge in [-0.3, -0.25) is 0 Å². The predicted molar refractivity (Wildman–Crippen MR) is 99.1 cm³/mol. The van der Waals surface area contributed by atoms with E-state index in [-0.39, 0.29) is 24.6 Å². The molecule has 1 saturated heterocycles. The second-order valence-electron chi connectivity index (χ2n) is 6.39. The lowest BCUT2D eigenvalue weighted by Crippen LogP contribution is -2.39. The van der Waals surface area contributed by atoms with E-state index in [9.17, 15) is 5.11 Å². The van der Waals surface area contributed by atoms with Gasteiger partial charge in [-0.25, -0.2) is 15.0 Å². The number of aromatic nitrogens is 3. The van der Waals surface area contributed by atoms with Gasteiger partial charge < -0.3 is 24.6 Å². The number of aliphatic hydroxyl groups excluding tert-OH is 2. The van der Waals surface area contributed by atoms with Crippen molar-refractivity contribution >= 4 is 29.2 Å². The van der Waals surface area contributed by atoms with Crippen molar-refractivity contribution in [2.45, 2.75) is 29.0 Å². The van der Waals surface area contributed by atoms with E-state index in [2.05, 4.69) is 19.9 Å². The molecule has 4 heterocycles. The van der Waals surface area contributed by atoms with Crippen molar-refractivity contribution in [3.05, 3.63) is 29.3 Å². The summed E-state index contributed by atoms with van der Waals surface area (Å²) < 4.78 is 11.2. The molecule has 0 saturated carbocycles. The number of anilines is 1. The maximum Gasteiger partial charge on any atom is 0.175 e. The molecule has 27 heavy (non-hydrogen) atoms. The van der Waals surface area contributed by atoms with Crippen LogP contribution in [0.1, 0.15) is 12.1 Å². The van der Waals surface area contributed by atoms with E-state index in [1.807, 2.05) is 6.07 Å². The fraction of sp³-hybridized carbons (Fsp3) is 0.471. The third kappa shape index (κ3) is 3.83. The summed E-state index contributed by atoms with van der Waals surface area (Å²) in [7, 11) is 0. The molecule has 0 radical (unpaired) electrons. The standard InChI is InChI=1S/C17H19ClN4O4S/c18-16-12(6-23)21-14(4-20-16)27-13-1-2-19-17-15(13)26-8-11-3-10(5-22(11)17)7-25-9-24/h1-2,4,10-11,23-24H,3,5-9H2/t10?,11-/m0/s1. The molecule has 2 atom stereocenters. The van der Waals surface area contributed by atoms with Crippen LogP contribution in [0.3, 0.4) is 0 Å². The minimum absolute atomic E-state index is 0.200. The van der Waals surface area contributed by atoms with Gasteiger partial charge in [-0.05, 0) is 12.5 Å². The summed E-state index contributed by atoms with van der Waals surface area (Å²) in [5.74, 6) is 1.88. The summed E-state index contributed by atoms with van der Waals surface area (Å²) in [4.78, 5) is 16.1. The zero-order valence-corrected chi connectivity index (χ0v) is 16.0. The maximum absolute atomic E-state index is 9.33. The van der Waals surface area contributed by atoms with Crippen LogP contribution in [0.2, 0.25) is 5.15 Å². The first-order valence-electron chi connectivity index (χ1n) is 8.56. The molecule has 2 aromatic rings. The van der Waals surface area contributed by atoms with Gasteiger partial charge in [-0.15, -0.1) is 0 Å². The highest BCUT2D eigenvalue weighted by Gasteiger charge is 2.38. The van der Waals surface area contributed by atoms with Gasteiger partial charge >= 0.3 is 0 Å². The van der Waals surface area contributed by atoms with Crippen molar-refractivity contribution in [2.75, 3.05) is 31.5 Å². The fourth-order valence-electron chi connectivity index (χ4n) is 3.45. The molecule has 2 aromatic heterocycles. The van der Waals surface area contributed by atoms with Crippen LogP contribution in [0.5, 0.6) is 5.75 Å². The summed E-state index contributed by atoms with van der Waals surface area (Å²) >= 11 is 7.31. The van der Waals surface area contributed by atoms with E-state index >= 15 is 0 Å². The molecule has 4 rings (SSSR count). The molecule has 0 amide bonds. The monoisotopic (exact) mass is 410 g/mol. The number of aliphatic hydroxyl groups is 2. The molecule has 10 heteroatoms. The summed E-state index contributed by atoms with van der Waals surface area (Å²) in [6.45, 7) is 1.40. The van der Waals surface area contributed by atoms with Gasteiger partial charge in [0.05, 0.1) is 30.3 Å². The van der Waals surface area contributed by atoms with Crippen LogP contribution in [0.15, 0.2) is 28.4 Å². The van der Waals surface area contributed by atoms with E-state index in [1.54, 1.807) is 12.4 Å². The van der Waals surface area contributed by atoms with Crippen LogP contribution in [0, 0.1) is 5.92 Å². The van der Waals surface area contributed by atoms with E-state index < -0.39 is 0 Å². The van der Waals surface area contributed by atoms with Gasteiger partial charge in [-0.2, -0.15) is 0 Å². The van der Waals surface area contributed by atoms with E-state index in [0.717, 1.165) is 29.4 Å². The molecule has 0 aromatic carbocycles. The highest BCUT2D eigenvalue weighted by Crippen LogP contribution is 2.44. The molecule has 0 bridgehead atoms. The van der Waals surface area contributed by atoms with Crippen LogP contribution < -0.4 is 9.64 Å². The Hall–Kier alpha value is -1.65. The van der Waals surface area contributed by atoms with Crippen molar-refractivity contribution in [3.63, 3.8) is 0 Å². The number of fused-ring (bicyclic) bond motifs is 3.